The summed E-state index contributed by atoms with van der Waals surface area (Å²) in [6.45, 7) is 2.37. The minimum atomic E-state index is -0.749. The van der Waals surface area contributed by atoms with Crippen molar-refractivity contribution in [2.24, 2.45) is 0 Å². The number of nitrogens with one attached hydrogen (secondary N) is 1. The van der Waals surface area contributed by atoms with Crippen LogP contribution in [-0.4, -0.2) is 45.7 Å². The lowest BCUT2D eigenvalue weighted by molar-refractivity contribution is 0.0975. The normalized spacial score (nSPS) is 10.8. The smallest absolute Gasteiger partial charge is 0.330 e. The number of methoxy groups -OCH3 is 1. The highest BCUT2D eigenvalue weighted by atomic mass is 16.5. The molecule has 0 fully saturated rings. The second kappa shape index (κ2) is 9.81. The zero-order valence-electron chi connectivity index (χ0n) is 17.4. The van der Waals surface area contributed by atoms with Crippen LogP contribution in [0, 0.1) is 0 Å². The van der Waals surface area contributed by atoms with Crippen LogP contribution in [0.15, 0.2) is 52.3 Å². The van der Waals surface area contributed by atoms with Crippen molar-refractivity contribution in [1.82, 2.24) is 19.5 Å². The standard InChI is InChI=1S/C21H24N6O4/c1-3-9-27-17(22)16(19(28)25-21(27)30)26(10-11-31-2)20(29)15-12-23-18(24-13-15)14-7-5-4-6-8-14/h4-8,12-13H,3,9-11,22H2,1-2H3,(H,25,28,30). The Bertz CT molecular complexity index is 1160. The number of nitrogens with two attached hydrogens (primary N) is 1. The van der Waals surface area contributed by atoms with Gasteiger partial charge < -0.3 is 10.5 Å². The van der Waals surface area contributed by atoms with Gasteiger partial charge in [0.2, 0.25) is 0 Å². The Balaban J connectivity index is 2.02. The van der Waals surface area contributed by atoms with E-state index in [0.29, 0.717) is 18.8 Å². The van der Waals surface area contributed by atoms with E-state index in [-0.39, 0.29) is 30.2 Å². The zero-order chi connectivity index (χ0) is 22.4. The van der Waals surface area contributed by atoms with Crippen LogP contribution < -0.4 is 21.9 Å². The molecule has 3 rings (SSSR count). The predicted octanol–water partition coefficient (Wildman–Crippen LogP) is 1.28. The lowest BCUT2D eigenvalue weighted by Crippen LogP contribution is -2.42. The van der Waals surface area contributed by atoms with Gasteiger partial charge >= 0.3 is 5.69 Å². The maximum absolute atomic E-state index is 13.3. The molecule has 3 N–H and O–H groups in total. The van der Waals surface area contributed by atoms with Gasteiger partial charge in [0, 0.05) is 38.2 Å². The number of aromatic nitrogens is 4. The van der Waals surface area contributed by atoms with Crippen LogP contribution in [0.2, 0.25) is 0 Å². The number of carbonyl (C=O) groups excluding carboxylic acids is 1. The molecule has 2 heterocycles. The van der Waals surface area contributed by atoms with Crippen molar-refractivity contribution in [3.63, 3.8) is 0 Å². The first-order valence-corrected chi connectivity index (χ1v) is 9.78. The van der Waals surface area contributed by atoms with E-state index in [2.05, 4.69) is 15.0 Å². The molecule has 3 aromatic rings. The van der Waals surface area contributed by atoms with Crippen molar-refractivity contribution in [1.29, 1.82) is 0 Å². The number of anilines is 2. The largest absolute Gasteiger partial charge is 0.383 e. The van der Waals surface area contributed by atoms with Gasteiger partial charge in [0.15, 0.2) is 11.5 Å². The highest BCUT2D eigenvalue weighted by Gasteiger charge is 2.25. The molecule has 0 aliphatic heterocycles. The Morgan fingerprint density at radius 3 is 2.48 bits per heavy atom. The van der Waals surface area contributed by atoms with E-state index in [0.717, 1.165) is 5.56 Å². The van der Waals surface area contributed by atoms with Crippen LogP contribution in [-0.2, 0) is 11.3 Å². The first-order valence-electron chi connectivity index (χ1n) is 9.78. The summed E-state index contributed by atoms with van der Waals surface area (Å²) >= 11 is 0. The van der Waals surface area contributed by atoms with Crippen molar-refractivity contribution in [3.05, 3.63) is 69.1 Å². The van der Waals surface area contributed by atoms with Crippen molar-refractivity contribution in [3.8, 4) is 11.4 Å². The third kappa shape index (κ3) is 4.69. The summed E-state index contributed by atoms with van der Waals surface area (Å²) < 4.78 is 6.33. The molecule has 2 aromatic heterocycles. The van der Waals surface area contributed by atoms with E-state index in [1.54, 1.807) is 0 Å². The van der Waals surface area contributed by atoms with E-state index in [4.69, 9.17) is 10.5 Å². The number of ether oxygens (including phenoxy) is 1. The van der Waals surface area contributed by atoms with Gasteiger partial charge in [-0.3, -0.25) is 24.0 Å². The van der Waals surface area contributed by atoms with Gasteiger partial charge in [-0.25, -0.2) is 14.8 Å². The molecule has 0 atom stereocenters. The second-order valence-electron chi connectivity index (χ2n) is 6.76. The fourth-order valence-corrected chi connectivity index (χ4v) is 3.11. The van der Waals surface area contributed by atoms with Crippen molar-refractivity contribution in [2.45, 2.75) is 19.9 Å². The molecule has 162 valence electrons. The summed E-state index contributed by atoms with van der Waals surface area (Å²) in [7, 11) is 1.48. The minimum absolute atomic E-state index is 0.0490. The molecule has 0 bridgehead atoms. The van der Waals surface area contributed by atoms with Crippen LogP contribution >= 0.6 is 0 Å². The van der Waals surface area contributed by atoms with E-state index < -0.39 is 17.2 Å². The number of aromatic amines is 1. The van der Waals surface area contributed by atoms with Gasteiger partial charge in [0.25, 0.3) is 11.5 Å². The Morgan fingerprint density at radius 1 is 1.19 bits per heavy atom. The summed E-state index contributed by atoms with van der Waals surface area (Å²) in [6, 6.07) is 9.34. The number of hydrogen-bond donors (Lipinski definition) is 2. The molecule has 0 spiro atoms. The molecular formula is C21H24N6O4. The molecule has 31 heavy (non-hydrogen) atoms. The Kier molecular flexibility index (Phi) is 6.93. The molecule has 10 heteroatoms. The maximum atomic E-state index is 13.3. The van der Waals surface area contributed by atoms with Gasteiger partial charge in [-0.2, -0.15) is 0 Å². The third-order valence-corrected chi connectivity index (χ3v) is 4.63. The summed E-state index contributed by atoms with van der Waals surface area (Å²) in [4.78, 5) is 49.9. The van der Waals surface area contributed by atoms with Crippen LogP contribution in [0.4, 0.5) is 11.5 Å². The molecule has 10 nitrogen and oxygen atoms in total. The number of benzene rings is 1. The maximum Gasteiger partial charge on any atom is 0.330 e. The SMILES string of the molecule is CCCn1c(N)c(N(CCOC)C(=O)c2cnc(-c3ccccc3)nc2)c(=O)[nH]c1=O. The molecule has 1 aromatic carbocycles. The number of rotatable bonds is 8. The minimum Gasteiger partial charge on any atom is -0.383 e. The fraction of sp³-hybridized carbons (Fsp3) is 0.286. The quantitative estimate of drug-likeness (QED) is 0.556. The van der Waals surface area contributed by atoms with Crippen molar-refractivity contribution >= 4 is 17.4 Å². The first-order chi connectivity index (χ1) is 15.0. The average molecular weight is 424 g/mol. The van der Waals surface area contributed by atoms with E-state index in [1.165, 1.54) is 29.0 Å². The molecule has 0 unspecified atom stereocenters. The Morgan fingerprint density at radius 2 is 1.87 bits per heavy atom. The summed E-state index contributed by atoms with van der Waals surface area (Å²) in [6.07, 6.45) is 3.41. The Labute approximate surface area is 178 Å². The zero-order valence-corrected chi connectivity index (χ0v) is 17.4. The van der Waals surface area contributed by atoms with E-state index in [1.807, 2.05) is 37.3 Å². The highest BCUT2D eigenvalue weighted by molar-refractivity contribution is 6.07. The molecule has 0 radical (unpaired) electrons. The number of carbonyl (C=O) groups is 1. The molecule has 0 aliphatic carbocycles. The van der Waals surface area contributed by atoms with E-state index in [9.17, 15) is 14.4 Å². The topological polar surface area (TPSA) is 136 Å². The lowest BCUT2D eigenvalue weighted by atomic mass is 10.2. The third-order valence-electron chi connectivity index (χ3n) is 4.63. The summed E-state index contributed by atoms with van der Waals surface area (Å²) in [5.74, 6) is -0.146. The van der Waals surface area contributed by atoms with E-state index >= 15 is 0 Å². The predicted molar refractivity (Wildman–Crippen MR) is 117 cm³/mol. The number of amides is 1. The molecule has 0 saturated heterocycles. The number of H-pyrrole nitrogens is 1. The number of nitrogen functional groups attached to an aromatic ring is 1. The average Bonchev–Trinajstić information content (AvgIpc) is 2.79. The van der Waals surface area contributed by atoms with Gasteiger partial charge in [-0.15, -0.1) is 0 Å². The van der Waals surface area contributed by atoms with Crippen LogP contribution in [0.3, 0.4) is 0 Å². The molecule has 0 aliphatic rings. The van der Waals surface area contributed by atoms with Gasteiger partial charge in [0.05, 0.1) is 12.2 Å². The van der Waals surface area contributed by atoms with Gasteiger partial charge in [0.1, 0.15) is 5.82 Å². The molecule has 0 saturated carbocycles. The first kappa shape index (κ1) is 21.9. The molecular weight excluding hydrogens is 400 g/mol. The summed E-state index contributed by atoms with van der Waals surface area (Å²) in [5.41, 5.74) is 5.64. The fourth-order valence-electron chi connectivity index (χ4n) is 3.11. The summed E-state index contributed by atoms with van der Waals surface area (Å²) in [5, 5.41) is 0. The second-order valence-corrected chi connectivity index (χ2v) is 6.76. The van der Waals surface area contributed by atoms with Gasteiger partial charge in [-0.1, -0.05) is 37.3 Å². The monoisotopic (exact) mass is 424 g/mol. The highest BCUT2D eigenvalue weighted by Crippen LogP contribution is 2.20. The lowest BCUT2D eigenvalue weighted by Gasteiger charge is -2.24. The van der Waals surface area contributed by atoms with Crippen LogP contribution in [0.25, 0.3) is 11.4 Å². The number of hydrogen-bond acceptors (Lipinski definition) is 7. The number of nitrogens with zero attached hydrogens (tertiary/aromatic N) is 4. The van der Waals surface area contributed by atoms with Gasteiger partial charge in [-0.05, 0) is 6.42 Å². The Hall–Kier alpha value is -3.79. The van der Waals surface area contributed by atoms with Crippen LogP contribution in [0.1, 0.15) is 23.7 Å². The van der Waals surface area contributed by atoms with Crippen molar-refractivity contribution < 1.29 is 9.53 Å². The van der Waals surface area contributed by atoms with Crippen molar-refractivity contribution in [2.75, 3.05) is 30.9 Å². The molecule has 1 amide bonds. The van der Waals surface area contributed by atoms with Crippen LogP contribution in [0.5, 0.6) is 0 Å².